The van der Waals surface area contributed by atoms with Crippen molar-refractivity contribution in [2.75, 3.05) is 19.0 Å². The van der Waals surface area contributed by atoms with Crippen LogP contribution in [-0.2, 0) is 0 Å². The smallest absolute Gasteiger partial charge is 0.322 e. The molecular formula is C18H19ClN2O2. The number of halogens is 1. The SMILES string of the molecule is COc1ccc(C2CCCN2C(=O)Nc2ccccc2Cl)cc1. The molecule has 2 aromatic carbocycles. The Hall–Kier alpha value is -2.20. The fourth-order valence-electron chi connectivity index (χ4n) is 2.93. The van der Waals surface area contributed by atoms with Crippen LogP contribution in [0.1, 0.15) is 24.4 Å². The Kier molecular flexibility index (Phi) is 4.72. The second-order valence-corrected chi connectivity index (χ2v) is 5.94. The number of ether oxygens (including phenoxy) is 1. The quantitative estimate of drug-likeness (QED) is 0.884. The van der Waals surface area contributed by atoms with Crippen LogP contribution in [0.5, 0.6) is 5.75 Å². The molecule has 0 bridgehead atoms. The van der Waals surface area contributed by atoms with Gasteiger partial charge in [-0.25, -0.2) is 4.79 Å². The first-order valence-electron chi connectivity index (χ1n) is 7.65. The third-order valence-corrected chi connectivity index (χ3v) is 4.46. The molecule has 5 heteroatoms. The molecule has 2 amide bonds. The van der Waals surface area contributed by atoms with Gasteiger partial charge in [-0.2, -0.15) is 0 Å². The number of hydrogen-bond acceptors (Lipinski definition) is 2. The summed E-state index contributed by atoms with van der Waals surface area (Å²) in [4.78, 5) is 14.5. The second kappa shape index (κ2) is 6.92. The lowest BCUT2D eigenvalue weighted by atomic mass is 10.0. The Bertz CT molecular complexity index is 688. The van der Waals surface area contributed by atoms with Crippen LogP contribution in [0, 0.1) is 0 Å². The van der Waals surface area contributed by atoms with Crippen LogP contribution in [-0.4, -0.2) is 24.6 Å². The maximum absolute atomic E-state index is 12.6. The summed E-state index contributed by atoms with van der Waals surface area (Å²) in [5.74, 6) is 0.818. The van der Waals surface area contributed by atoms with Gasteiger partial charge >= 0.3 is 6.03 Å². The van der Waals surface area contributed by atoms with E-state index >= 15 is 0 Å². The van der Waals surface area contributed by atoms with E-state index in [1.807, 2.05) is 41.3 Å². The van der Waals surface area contributed by atoms with Gasteiger partial charge in [0.25, 0.3) is 0 Å². The number of rotatable bonds is 3. The molecule has 0 saturated carbocycles. The van der Waals surface area contributed by atoms with Gasteiger partial charge in [-0.1, -0.05) is 35.9 Å². The molecule has 1 heterocycles. The lowest BCUT2D eigenvalue weighted by Gasteiger charge is -2.25. The average molecular weight is 331 g/mol. The molecule has 0 spiro atoms. The first kappa shape index (κ1) is 15.7. The zero-order valence-electron chi connectivity index (χ0n) is 13.0. The van der Waals surface area contributed by atoms with E-state index in [2.05, 4.69) is 5.32 Å². The molecule has 1 fully saturated rings. The van der Waals surface area contributed by atoms with Gasteiger partial charge in [-0.3, -0.25) is 0 Å². The highest BCUT2D eigenvalue weighted by Gasteiger charge is 2.30. The fourth-order valence-corrected chi connectivity index (χ4v) is 3.11. The van der Waals surface area contributed by atoms with E-state index in [1.165, 1.54) is 0 Å². The third kappa shape index (κ3) is 3.42. The molecule has 0 aromatic heterocycles. The van der Waals surface area contributed by atoms with Crippen LogP contribution in [0.2, 0.25) is 5.02 Å². The molecule has 1 aliphatic rings. The molecular weight excluding hydrogens is 312 g/mol. The molecule has 23 heavy (non-hydrogen) atoms. The highest BCUT2D eigenvalue weighted by Crippen LogP contribution is 2.33. The first-order chi connectivity index (χ1) is 11.2. The number of anilines is 1. The van der Waals surface area contributed by atoms with Crippen LogP contribution in [0.3, 0.4) is 0 Å². The van der Waals surface area contributed by atoms with Gasteiger partial charge < -0.3 is 15.0 Å². The summed E-state index contributed by atoms with van der Waals surface area (Å²) in [6, 6.07) is 15.1. The predicted molar refractivity (Wildman–Crippen MR) is 92.1 cm³/mol. The van der Waals surface area contributed by atoms with Crippen LogP contribution >= 0.6 is 11.6 Å². The largest absolute Gasteiger partial charge is 0.497 e. The number of carbonyl (C=O) groups is 1. The Morgan fingerprint density at radius 1 is 1.22 bits per heavy atom. The summed E-state index contributed by atoms with van der Waals surface area (Å²) in [5.41, 5.74) is 1.76. The van der Waals surface area contributed by atoms with E-state index in [-0.39, 0.29) is 12.1 Å². The summed E-state index contributed by atoms with van der Waals surface area (Å²) >= 11 is 6.11. The maximum Gasteiger partial charge on any atom is 0.322 e. The molecule has 1 unspecified atom stereocenters. The molecule has 1 N–H and O–H groups in total. The molecule has 3 rings (SSSR count). The zero-order chi connectivity index (χ0) is 16.2. The second-order valence-electron chi connectivity index (χ2n) is 5.53. The molecule has 1 aliphatic heterocycles. The summed E-state index contributed by atoms with van der Waals surface area (Å²) in [6.07, 6.45) is 1.95. The topological polar surface area (TPSA) is 41.6 Å². The van der Waals surface area contributed by atoms with Crippen LogP contribution < -0.4 is 10.1 Å². The van der Waals surface area contributed by atoms with Crippen molar-refractivity contribution < 1.29 is 9.53 Å². The van der Waals surface area contributed by atoms with E-state index in [4.69, 9.17) is 16.3 Å². The van der Waals surface area contributed by atoms with Gasteiger partial charge in [0.15, 0.2) is 0 Å². The van der Waals surface area contributed by atoms with Crippen LogP contribution in [0.15, 0.2) is 48.5 Å². The number of amides is 2. The minimum absolute atomic E-state index is 0.0865. The van der Waals surface area contributed by atoms with E-state index in [0.717, 1.165) is 30.7 Å². The lowest BCUT2D eigenvalue weighted by Crippen LogP contribution is -2.34. The Morgan fingerprint density at radius 3 is 2.65 bits per heavy atom. The number of para-hydroxylation sites is 1. The summed E-state index contributed by atoms with van der Waals surface area (Å²) in [5, 5.41) is 3.45. The number of nitrogens with zero attached hydrogens (tertiary/aromatic N) is 1. The molecule has 1 saturated heterocycles. The Labute approximate surface area is 141 Å². The van der Waals surface area contributed by atoms with Crippen molar-refractivity contribution in [3.63, 3.8) is 0 Å². The summed E-state index contributed by atoms with van der Waals surface area (Å²) in [7, 11) is 1.65. The number of nitrogens with one attached hydrogen (secondary N) is 1. The Balaban J connectivity index is 1.75. The van der Waals surface area contributed by atoms with Crippen molar-refractivity contribution in [2.24, 2.45) is 0 Å². The number of likely N-dealkylation sites (tertiary alicyclic amines) is 1. The minimum atomic E-state index is -0.114. The lowest BCUT2D eigenvalue weighted by molar-refractivity contribution is 0.207. The van der Waals surface area contributed by atoms with Crippen molar-refractivity contribution >= 4 is 23.3 Å². The molecule has 120 valence electrons. The van der Waals surface area contributed by atoms with Gasteiger partial charge in [-0.05, 0) is 42.7 Å². The Morgan fingerprint density at radius 2 is 1.96 bits per heavy atom. The van der Waals surface area contributed by atoms with Crippen molar-refractivity contribution in [1.29, 1.82) is 0 Å². The van der Waals surface area contributed by atoms with Gasteiger partial charge in [-0.15, -0.1) is 0 Å². The summed E-state index contributed by atoms with van der Waals surface area (Å²) in [6.45, 7) is 0.743. The highest BCUT2D eigenvalue weighted by atomic mass is 35.5. The van der Waals surface area contributed by atoms with Crippen LogP contribution in [0.4, 0.5) is 10.5 Å². The predicted octanol–water partition coefficient (Wildman–Crippen LogP) is 4.72. The van der Waals surface area contributed by atoms with Gasteiger partial charge in [0.05, 0.1) is 23.9 Å². The fraction of sp³-hybridized carbons (Fsp3) is 0.278. The van der Waals surface area contributed by atoms with E-state index in [0.29, 0.717) is 10.7 Å². The van der Waals surface area contributed by atoms with Crippen LogP contribution in [0.25, 0.3) is 0 Å². The summed E-state index contributed by atoms with van der Waals surface area (Å²) < 4.78 is 5.19. The van der Waals surface area contributed by atoms with Gasteiger partial charge in [0.1, 0.15) is 5.75 Å². The van der Waals surface area contributed by atoms with E-state index in [9.17, 15) is 4.79 Å². The number of urea groups is 1. The highest BCUT2D eigenvalue weighted by molar-refractivity contribution is 6.33. The molecule has 2 aromatic rings. The minimum Gasteiger partial charge on any atom is -0.497 e. The molecule has 1 atom stereocenters. The maximum atomic E-state index is 12.6. The zero-order valence-corrected chi connectivity index (χ0v) is 13.7. The van der Waals surface area contributed by atoms with Gasteiger partial charge in [0, 0.05) is 6.54 Å². The number of methoxy groups -OCH3 is 1. The van der Waals surface area contributed by atoms with E-state index in [1.54, 1.807) is 19.2 Å². The molecule has 0 aliphatic carbocycles. The molecule has 4 nitrogen and oxygen atoms in total. The average Bonchev–Trinajstić information content (AvgIpc) is 3.07. The molecule has 0 radical (unpaired) electrons. The third-order valence-electron chi connectivity index (χ3n) is 4.13. The monoisotopic (exact) mass is 330 g/mol. The first-order valence-corrected chi connectivity index (χ1v) is 8.03. The van der Waals surface area contributed by atoms with Crippen molar-refractivity contribution in [3.8, 4) is 5.75 Å². The standard InChI is InChI=1S/C18H19ClN2O2/c1-23-14-10-8-13(9-11-14)17-7-4-12-21(17)18(22)20-16-6-3-2-5-15(16)19/h2-3,5-6,8-11,17H,4,7,12H2,1H3,(H,20,22). The van der Waals surface area contributed by atoms with Crippen molar-refractivity contribution in [3.05, 3.63) is 59.1 Å². The number of carbonyl (C=O) groups excluding carboxylic acids is 1. The number of benzene rings is 2. The van der Waals surface area contributed by atoms with Gasteiger partial charge in [0.2, 0.25) is 0 Å². The number of hydrogen-bond donors (Lipinski definition) is 1. The van der Waals surface area contributed by atoms with E-state index < -0.39 is 0 Å². The van der Waals surface area contributed by atoms with Crippen molar-refractivity contribution in [2.45, 2.75) is 18.9 Å². The van der Waals surface area contributed by atoms with Crippen molar-refractivity contribution in [1.82, 2.24) is 4.90 Å². The normalized spacial score (nSPS) is 17.1.